The van der Waals surface area contributed by atoms with Gasteiger partial charge in [-0.1, -0.05) is 6.07 Å². The summed E-state index contributed by atoms with van der Waals surface area (Å²) in [6.45, 7) is 1.18. The van der Waals surface area contributed by atoms with E-state index in [2.05, 4.69) is 21.7 Å². The van der Waals surface area contributed by atoms with Crippen LogP contribution in [0.5, 0.6) is 0 Å². The first-order valence-electron chi connectivity index (χ1n) is 8.73. The molecule has 0 bridgehead atoms. The highest BCUT2D eigenvalue weighted by Crippen LogP contribution is 2.25. The van der Waals surface area contributed by atoms with Gasteiger partial charge in [-0.05, 0) is 43.0 Å². The lowest BCUT2D eigenvalue weighted by Gasteiger charge is -2.21. The van der Waals surface area contributed by atoms with Gasteiger partial charge in [-0.15, -0.1) is 35.3 Å². The van der Waals surface area contributed by atoms with Crippen LogP contribution < -0.4 is 10.6 Å². The second-order valence-corrected chi connectivity index (χ2v) is 10.1. The van der Waals surface area contributed by atoms with Gasteiger partial charge in [-0.2, -0.15) is 5.26 Å². The van der Waals surface area contributed by atoms with E-state index in [0.29, 0.717) is 25.5 Å². The first-order chi connectivity index (χ1) is 12.1. The van der Waals surface area contributed by atoms with Crippen LogP contribution in [0.15, 0.2) is 22.5 Å². The molecule has 1 aromatic rings. The molecule has 1 aliphatic carbocycles. The van der Waals surface area contributed by atoms with Crippen LogP contribution in [0.25, 0.3) is 0 Å². The number of sulfone groups is 1. The van der Waals surface area contributed by atoms with Crippen LogP contribution in [-0.2, 0) is 16.4 Å². The van der Waals surface area contributed by atoms with Gasteiger partial charge < -0.3 is 10.6 Å². The largest absolute Gasteiger partial charge is 0.356 e. The zero-order chi connectivity index (χ0) is 17.7. The van der Waals surface area contributed by atoms with E-state index in [9.17, 15) is 13.7 Å². The second-order valence-electron chi connectivity index (χ2n) is 6.81. The van der Waals surface area contributed by atoms with Crippen molar-refractivity contribution in [1.82, 2.24) is 10.6 Å². The highest BCUT2D eigenvalue weighted by Gasteiger charge is 2.30. The number of aliphatic imine (C=N–C) groups is 1. The summed E-state index contributed by atoms with van der Waals surface area (Å²) < 4.78 is 23.2. The van der Waals surface area contributed by atoms with Crippen LogP contribution in [0.2, 0.25) is 0 Å². The Morgan fingerprint density at radius 2 is 2.23 bits per heavy atom. The van der Waals surface area contributed by atoms with Gasteiger partial charge in [0.1, 0.15) is 0 Å². The van der Waals surface area contributed by atoms with Crippen molar-refractivity contribution in [1.29, 1.82) is 5.26 Å². The van der Waals surface area contributed by atoms with Gasteiger partial charge in [0.25, 0.3) is 0 Å². The number of hydrogen-bond acceptors (Lipinski definition) is 5. The minimum atomic E-state index is -2.87. The molecule has 2 heterocycles. The molecule has 0 radical (unpaired) electrons. The number of thiophene rings is 1. The minimum absolute atomic E-state index is 0. The van der Waals surface area contributed by atoms with Gasteiger partial charge in [-0.25, -0.2) is 13.4 Å². The van der Waals surface area contributed by atoms with E-state index < -0.39 is 9.84 Å². The zero-order valence-corrected chi connectivity index (χ0v) is 18.5. The first kappa shape index (κ1) is 21.4. The van der Waals surface area contributed by atoms with Crippen LogP contribution in [0.4, 0.5) is 0 Å². The van der Waals surface area contributed by atoms with Crippen LogP contribution in [0.1, 0.15) is 30.6 Å². The maximum atomic E-state index is 11.6. The number of halogens is 1. The molecule has 1 aromatic heterocycles. The Labute approximate surface area is 176 Å². The predicted molar refractivity (Wildman–Crippen MR) is 116 cm³/mol. The summed E-state index contributed by atoms with van der Waals surface area (Å²) >= 11 is 1.66. The zero-order valence-electron chi connectivity index (χ0n) is 14.6. The topological polar surface area (TPSA) is 94.3 Å². The monoisotopic (exact) mass is 508 g/mol. The molecular weight excluding hydrogens is 483 g/mol. The highest BCUT2D eigenvalue weighted by molar-refractivity contribution is 14.0. The van der Waals surface area contributed by atoms with Crippen molar-refractivity contribution in [2.75, 3.05) is 18.1 Å². The van der Waals surface area contributed by atoms with Gasteiger partial charge in [-0.3, -0.25) is 0 Å². The quantitative estimate of drug-likeness (QED) is 0.362. The lowest BCUT2D eigenvalue weighted by Crippen LogP contribution is -2.46. The van der Waals surface area contributed by atoms with Crippen LogP contribution >= 0.6 is 35.3 Å². The molecule has 3 atom stereocenters. The normalized spacial score (nSPS) is 27.5. The predicted octanol–water partition coefficient (Wildman–Crippen LogP) is 2.53. The standard InChI is InChI=1S/C17H24N4O2S2.HI/c18-9-14-3-1-5-16(14)21-17(20-11-15-4-2-7-24-15)19-10-13-6-8-25(22,23)12-13;/h2,4,7,13-14,16H,1,3,5-6,8,10-12H2,(H2,19,20,21);1H. The third-order valence-electron chi connectivity index (χ3n) is 4.86. The molecule has 144 valence electrons. The third kappa shape index (κ3) is 6.09. The van der Waals surface area contributed by atoms with E-state index in [1.54, 1.807) is 11.3 Å². The number of nitrogens with zero attached hydrogens (tertiary/aromatic N) is 2. The lowest BCUT2D eigenvalue weighted by atomic mass is 10.1. The van der Waals surface area contributed by atoms with Crippen molar-refractivity contribution in [2.45, 2.75) is 38.3 Å². The van der Waals surface area contributed by atoms with Crippen molar-refractivity contribution in [3.8, 4) is 6.07 Å². The molecule has 1 saturated carbocycles. The second kappa shape index (κ2) is 9.90. The number of guanidine groups is 1. The van der Waals surface area contributed by atoms with Gasteiger partial charge >= 0.3 is 0 Å². The van der Waals surface area contributed by atoms with Crippen molar-refractivity contribution in [3.05, 3.63) is 22.4 Å². The van der Waals surface area contributed by atoms with Gasteiger partial charge in [0.2, 0.25) is 0 Å². The van der Waals surface area contributed by atoms with E-state index in [4.69, 9.17) is 0 Å². The van der Waals surface area contributed by atoms with Crippen molar-refractivity contribution < 1.29 is 8.42 Å². The van der Waals surface area contributed by atoms with Crippen LogP contribution in [0, 0.1) is 23.2 Å². The van der Waals surface area contributed by atoms with Crippen molar-refractivity contribution >= 4 is 51.1 Å². The summed E-state index contributed by atoms with van der Waals surface area (Å²) in [7, 11) is -2.87. The van der Waals surface area contributed by atoms with Gasteiger partial charge in [0.15, 0.2) is 15.8 Å². The highest BCUT2D eigenvalue weighted by atomic mass is 127. The molecule has 9 heteroatoms. The number of nitriles is 1. The Bertz CT molecular complexity index is 743. The SMILES string of the molecule is I.N#CC1CCCC1NC(=NCc1cccs1)NCC1CCS(=O)(=O)C1. The lowest BCUT2D eigenvalue weighted by molar-refractivity contribution is 0.518. The van der Waals surface area contributed by atoms with E-state index in [1.807, 2.05) is 17.5 Å². The molecular formula is C17H25IN4O2S2. The average Bonchev–Trinajstić information content (AvgIpc) is 3.31. The Balaban J connectivity index is 0.00000243. The summed E-state index contributed by atoms with van der Waals surface area (Å²) in [5, 5.41) is 18.0. The first-order valence-corrected chi connectivity index (χ1v) is 11.4. The van der Waals surface area contributed by atoms with Gasteiger partial charge in [0.05, 0.1) is 30.0 Å². The van der Waals surface area contributed by atoms with Crippen molar-refractivity contribution in [2.24, 2.45) is 16.8 Å². The molecule has 3 rings (SSSR count). The molecule has 6 nitrogen and oxygen atoms in total. The molecule has 0 aromatic carbocycles. The molecule has 2 N–H and O–H groups in total. The fraction of sp³-hybridized carbons (Fsp3) is 0.647. The molecule has 0 amide bonds. The summed E-state index contributed by atoms with van der Waals surface area (Å²) in [5.41, 5.74) is 0. The van der Waals surface area contributed by atoms with E-state index in [-0.39, 0.29) is 53.4 Å². The summed E-state index contributed by atoms with van der Waals surface area (Å²) in [5.74, 6) is 1.37. The number of hydrogen-bond donors (Lipinski definition) is 2. The van der Waals surface area contributed by atoms with Crippen LogP contribution in [-0.4, -0.2) is 38.5 Å². The van der Waals surface area contributed by atoms with E-state index in [1.165, 1.54) is 4.88 Å². The third-order valence-corrected chi connectivity index (χ3v) is 7.56. The smallest absolute Gasteiger partial charge is 0.191 e. The van der Waals surface area contributed by atoms with E-state index in [0.717, 1.165) is 19.3 Å². The van der Waals surface area contributed by atoms with Gasteiger partial charge in [0, 0.05) is 17.5 Å². The Kier molecular flexibility index (Phi) is 8.16. The Hall–Kier alpha value is -0.860. The maximum absolute atomic E-state index is 11.6. The van der Waals surface area contributed by atoms with E-state index >= 15 is 0 Å². The molecule has 3 unspecified atom stereocenters. The van der Waals surface area contributed by atoms with Crippen LogP contribution in [0.3, 0.4) is 0 Å². The molecule has 2 fully saturated rings. The minimum Gasteiger partial charge on any atom is -0.356 e. The number of rotatable bonds is 5. The average molecular weight is 508 g/mol. The molecule has 0 spiro atoms. The molecule has 1 aliphatic heterocycles. The maximum Gasteiger partial charge on any atom is 0.191 e. The Morgan fingerprint density at radius 1 is 1.38 bits per heavy atom. The van der Waals surface area contributed by atoms with Crippen molar-refractivity contribution in [3.63, 3.8) is 0 Å². The fourth-order valence-corrected chi connectivity index (χ4v) is 5.94. The molecule has 1 saturated heterocycles. The Morgan fingerprint density at radius 3 is 2.88 bits per heavy atom. The molecule has 2 aliphatic rings. The number of nitrogens with one attached hydrogen (secondary N) is 2. The summed E-state index contributed by atoms with van der Waals surface area (Å²) in [4.78, 5) is 5.82. The fourth-order valence-electron chi connectivity index (χ4n) is 3.45. The molecule has 26 heavy (non-hydrogen) atoms. The summed E-state index contributed by atoms with van der Waals surface area (Å²) in [6, 6.07) is 6.54. The summed E-state index contributed by atoms with van der Waals surface area (Å²) in [6.07, 6.45) is 3.65.